The molecule has 4 heteroatoms. The van der Waals surface area contributed by atoms with Gasteiger partial charge in [0.05, 0.1) is 4.47 Å². The van der Waals surface area contributed by atoms with Crippen molar-refractivity contribution in [1.82, 2.24) is 0 Å². The Bertz CT molecular complexity index is 601. The number of hydrogen-bond donors (Lipinski definition) is 1. The highest BCUT2D eigenvalue weighted by Gasteiger charge is 2.14. The molecule has 1 nitrogen and oxygen atoms in total. The second-order valence-corrected chi connectivity index (χ2v) is 6.37. The van der Waals surface area contributed by atoms with E-state index in [2.05, 4.69) is 51.5 Å². The molecular weight excluding hydrogens is 420 g/mol. The van der Waals surface area contributed by atoms with Gasteiger partial charge in [0.1, 0.15) is 5.82 Å². The van der Waals surface area contributed by atoms with Gasteiger partial charge in [-0.3, -0.25) is 0 Å². The fourth-order valence-corrected chi connectivity index (χ4v) is 3.20. The molecule has 0 aromatic heterocycles. The second-order valence-electron chi connectivity index (χ2n) is 4.50. The highest BCUT2D eigenvalue weighted by Crippen LogP contribution is 2.28. The minimum Gasteiger partial charge on any atom is -0.324 e. The number of halogens is 3. The van der Waals surface area contributed by atoms with Crippen LogP contribution in [0.3, 0.4) is 0 Å². The van der Waals surface area contributed by atoms with Crippen molar-refractivity contribution in [3.8, 4) is 0 Å². The van der Waals surface area contributed by atoms with Gasteiger partial charge in [0.15, 0.2) is 0 Å². The molecule has 1 unspecified atom stereocenters. The predicted octanol–water partition coefficient (Wildman–Crippen LogP) is 4.74. The molecule has 2 aromatic rings. The molecule has 1 atom stereocenters. The number of nitrogens with two attached hydrogens (primary N) is 1. The summed E-state index contributed by atoms with van der Waals surface area (Å²) in [5.74, 6) is -0.247. The summed E-state index contributed by atoms with van der Waals surface area (Å²) in [4.78, 5) is 0. The van der Waals surface area contributed by atoms with Crippen molar-refractivity contribution in [1.29, 1.82) is 0 Å². The van der Waals surface area contributed by atoms with Crippen molar-refractivity contribution >= 4 is 38.5 Å². The minimum atomic E-state index is -0.247. The Morgan fingerprint density at radius 1 is 1.26 bits per heavy atom. The third kappa shape index (κ3) is 3.35. The van der Waals surface area contributed by atoms with Gasteiger partial charge in [0, 0.05) is 9.61 Å². The minimum absolute atomic E-state index is 0.134. The van der Waals surface area contributed by atoms with Crippen LogP contribution in [0.4, 0.5) is 4.39 Å². The molecule has 0 spiro atoms. The first-order valence-electron chi connectivity index (χ1n) is 5.94. The van der Waals surface area contributed by atoms with E-state index in [-0.39, 0.29) is 11.9 Å². The number of hydrogen-bond acceptors (Lipinski definition) is 1. The van der Waals surface area contributed by atoms with Crippen LogP contribution >= 0.6 is 38.5 Å². The molecule has 0 aliphatic carbocycles. The number of benzene rings is 2. The maximum absolute atomic E-state index is 13.5. The second kappa shape index (κ2) is 6.33. The van der Waals surface area contributed by atoms with Crippen LogP contribution in [0, 0.1) is 16.3 Å². The summed E-state index contributed by atoms with van der Waals surface area (Å²) < 4.78 is 15.2. The maximum Gasteiger partial charge on any atom is 0.137 e. The molecule has 0 radical (unpaired) electrons. The van der Waals surface area contributed by atoms with E-state index in [0.29, 0.717) is 10.9 Å². The molecule has 100 valence electrons. The van der Waals surface area contributed by atoms with Crippen LogP contribution in [-0.4, -0.2) is 0 Å². The predicted molar refractivity (Wildman–Crippen MR) is 88.6 cm³/mol. The van der Waals surface area contributed by atoms with Crippen molar-refractivity contribution in [2.24, 2.45) is 5.73 Å². The van der Waals surface area contributed by atoms with Crippen LogP contribution in [-0.2, 0) is 6.42 Å². The maximum atomic E-state index is 13.5. The lowest BCUT2D eigenvalue weighted by Crippen LogP contribution is -2.15. The zero-order chi connectivity index (χ0) is 14.0. The molecule has 0 amide bonds. The normalized spacial score (nSPS) is 12.5. The van der Waals surface area contributed by atoms with Gasteiger partial charge in [-0.15, -0.1) is 0 Å². The van der Waals surface area contributed by atoms with Gasteiger partial charge in [0.2, 0.25) is 0 Å². The molecule has 2 rings (SSSR count). The lowest BCUT2D eigenvalue weighted by molar-refractivity contribution is 0.614. The number of aryl methyl sites for hydroxylation is 1. The Labute approximate surface area is 134 Å². The van der Waals surface area contributed by atoms with Gasteiger partial charge in [-0.05, 0) is 74.6 Å². The van der Waals surface area contributed by atoms with Gasteiger partial charge in [0.25, 0.3) is 0 Å². The first kappa shape index (κ1) is 14.9. The van der Waals surface area contributed by atoms with E-state index in [1.807, 2.05) is 18.2 Å². The van der Waals surface area contributed by atoms with Crippen LogP contribution < -0.4 is 5.73 Å². The lowest BCUT2D eigenvalue weighted by Gasteiger charge is -2.16. The van der Waals surface area contributed by atoms with Crippen molar-refractivity contribution in [3.63, 3.8) is 0 Å². The molecular formula is C15H14BrFIN. The van der Waals surface area contributed by atoms with Gasteiger partial charge in [-0.1, -0.05) is 30.3 Å². The summed E-state index contributed by atoms with van der Waals surface area (Å²) in [6, 6.07) is 11.0. The number of rotatable bonds is 3. The molecule has 0 saturated heterocycles. The Hall–Kier alpha value is -0.460. The smallest absolute Gasteiger partial charge is 0.137 e. The zero-order valence-electron chi connectivity index (χ0n) is 10.5. The van der Waals surface area contributed by atoms with Crippen molar-refractivity contribution in [3.05, 3.63) is 66.9 Å². The average molecular weight is 434 g/mol. The standard InChI is InChI=1S/C15H14BrFIN/c1-9-4-2-6-11(15(9)18)13(19)8-10-5-3-7-12(17)14(10)16/h2-7,13H,8,19H2,1H3. The SMILES string of the molecule is Cc1cccc(C(N)Cc2cccc(F)c2Br)c1I. The Kier molecular flexibility index (Phi) is 4.97. The topological polar surface area (TPSA) is 26.0 Å². The van der Waals surface area contributed by atoms with Crippen LogP contribution in [0.25, 0.3) is 0 Å². The molecule has 0 saturated carbocycles. The fourth-order valence-electron chi connectivity index (χ4n) is 2.01. The Morgan fingerprint density at radius 3 is 2.68 bits per heavy atom. The fraction of sp³-hybridized carbons (Fsp3) is 0.200. The molecule has 0 aliphatic heterocycles. The van der Waals surface area contributed by atoms with Crippen LogP contribution in [0.15, 0.2) is 40.9 Å². The molecule has 0 heterocycles. The highest BCUT2D eigenvalue weighted by atomic mass is 127. The summed E-state index contributed by atoms with van der Waals surface area (Å²) >= 11 is 5.59. The Balaban J connectivity index is 2.28. The summed E-state index contributed by atoms with van der Waals surface area (Å²) in [5, 5.41) is 0. The van der Waals surface area contributed by atoms with Crippen LogP contribution in [0.5, 0.6) is 0 Å². The van der Waals surface area contributed by atoms with Crippen molar-refractivity contribution in [2.75, 3.05) is 0 Å². The van der Waals surface area contributed by atoms with E-state index in [1.54, 1.807) is 6.07 Å². The molecule has 2 aromatic carbocycles. The summed E-state index contributed by atoms with van der Waals surface area (Å²) in [7, 11) is 0. The summed E-state index contributed by atoms with van der Waals surface area (Å²) in [5.41, 5.74) is 9.48. The monoisotopic (exact) mass is 433 g/mol. The van der Waals surface area contributed by atoms with E-state index in [0.717, 1.165) is 11.1 Å². The Morgan fingerprint density at radius 2 is 1.95 bits per heavy atom. The molecule has 0 aliphatic rings. The van der Waals surface area contributed by atoms with E-state index in [1.165, 1.54) is 15.2 Å². The van der Waals surface area contributed by atoms with Gasteiger partial charge in [-0.25, -0.2) is 4.39 Å². The molecule has 2 N–H and O–H groups in total. The molecule has 0 fully saturated rings. The summed E-state index contributed by atoms with van der Waals surface area (Å²) in [6.45, 7) is 2.07. The quantitative estimate of drug-likeness (QED) is 0.695. The van der Waals surface area contributed by atoms with Gasteiger partial charge < -0.3 is 5.73 Å². The van der Waals surface area contributed by atoms with Gasteiger partial charge in [-0.2, -0.15) is 0 Å². The van der Waals surface area contributed by atoms with E-state index < -0.39 is 0 Å². The molecule has 19 heavy (non-hydrogen) atoms. The lowest BCUT2D eigenvalue weighted by atomic mass is 9.98. The molecule has 0 bridgehead atoms. The summed E-state index contributed by atoms with van der Waals surface area (Å²) in [6.07, 6.45) is 0.609. The highest BCUT2D eigenvalue weighted by molar-refractivity contribution is 14.1. The third-order valence-electron chi connectivity index (χ3n) is 3.09. The largest absolute Gasteiger partial charge is 0.324 e. The first-order valence-corrected chi connectivity index (χ1v) is 7.81. The van der Waals surface area contributed by atoms with E-state index in [9.17, 15) is 4.39 Å². The van der Waals surface area contributed by atoms with E-state index in [4.69, 9.17) is 5.73 Å². The van der Waals surface area contributed by atoms with Gasteiger partial charge >= 0.3 is 0 Å². The third-order valence-corrected chi connectivity index (χ3v) is 5.45. The van der Waals surface area contributed by atoms with Crippen LogP contribution in [0.2, 0.25) is 0 Å². The van der Waals surface area contributed by atoms with Crippen molar-refractivity contribution in [2.45, 2.75) is 19.4 Å². The zero-order valence-corrected chi connectivity index (χ0v) is 14.2. The average Bonchev–Trinajstić information content (AvgIpc) is 2.38. The van der Waals surface area contributed by atoms with Crippen LogP contribution in [0.1, 0.15) is 22.7 Å². The van der Waals surface area contributed by atoms with Crippen molar-refractivity contribution < 1.29 is 4.39 Å². The first-order chi connectivity index (χ1) is 9.00. The van der Waals surface area contributed by atoms with E-state index >= 15 is 0 Å².